The predicted octanol–water partition coefficient (Wildman–Crippen LogP) is 0.446. The molecule has 0 aromatic heterocycles. The molecule has 3 nitrogen and oxygen atoms in total. The molecule has 1 heterocycles. The van der Waals surface area contributed by atoms with Crippen molar-refractivity contribution in [2.75, 3.05) is 32.8 Å². The Bertz CT molecular complexity index is 119. The first-order valence-corrected chi connectivity index (χ1v) is 4.88. The van der Waals surface area contributed by atoms with E-state index in [0.717, 1.165) is 26.3 Å². The van der Waals surface area contributed by atoms with Crippen LogP contribution in [-0.4, -0.2) is 43.8 Å². The van der Waals surface area contributed by atoms with Gasteiger partial charge in [-0.2, -0.15) is 0 Å². The zero-order valence-corrected chi connectivity index (χ0v) is 7.96. The summed E-state index contributed by atoms with van der Waals surface area (Å²) < 4.78 is 5.29. The molecule has 1 aliphatic rings. The second kappa shape index (κ2) is 5.51. The van der Waals surface area contributed by atoms with E-state index in [0.29, 0.717) is 6.04 Å². The standard InChI is InChI=1S/C9H20N2O/c1-2-12-7-6-11-5-3-4-9(10)8-11/h9H,2-8,10H2,1H3/t9-/m1/s1. The minimum atomic E-state index is 0.389. The lowest BCUT2D eigenvalue weighted by atomic mass is 10.1. The number of likely N-dealkylation sites (tertiary alicyclic amines) is 1. The highest BCUT2D eigenvalue weighted by molar-refractivity contribution is 4.74. The van der Waals surface area contributed by atoms with Crippen molar-refractivity contribution in [2.24, 2.45) is 5.73 Å². The molecule has 0 saturated carbocycles. The van der Waals surface area contributed by atoms with Gasteiger partial charge in [0, 0.05) is 25.7 Å². The number of nitrogens with zero attached hydrogens (tertiary/aromatic N) is 1. The second-order valence-corrected chi connectivity index (χ2v) is 3.40. The lowest BCUT2D eigenvalue weighted by Crippen LogP contribution is -2.43. The maximum Gasteiger partial charge on any atom is 0.0593 e. The smallest absolute Gasteiger partial charge is 0.0593 e. The van der Waals surface area contributed by atoms with Gasteiger partial charge in [0.15, 0.2) is 0 Å². The first kappa shape index (κ1) is 9.96. The lowest BCUT2D eigenvalue weighted by molar-refractivity contribution is 0.101. The molecule has 1 aliphatic heterocycles. The van der Waals surface area contributed by atoms with Crippen LogP contribution in [0.25, 0.3) is 0 Å². The number of nitrogens with two attached hydrogens (primary N) is 1. The number of ether oxygens (including phenoxy) is 1. The predicted molar refractivity (Wildman–Crippen MR) is 50.1 cm³/mol. The van der Waals surface area contributed by atoms with Crippen molar-refractivity contribution in [3.8, 4) is 0 Å². The largest absolute Gasteiger partial charge is 0.380 e. The van der Waals surface area contributed by atoms with E-state index >= 15 is 0 Å². The summed E-state index contributed by atoms with van der Waals surface area (Å²) in [5.41, 5.74) is 5.85. The number of hydrogen-bond donors (Lipinski definition) is 1. The van der Waals surface area contributed by atoms with Crippen LogP contribution >= 0.6 is 0 Å². The van der Waals surface area contributed by atoms with Crippen molar-refractivity contribution in [2.45, 2.75) is 25.8 Å². The normalized spacial score (nSPS) is 26.0. The Labute approximate surface area is 74.9 Å². The summed E-state index contributed by atoms with van der Waals surface area (Å²) in [5, 5.41) is 0. The molecular weight excluding hydrogens is 152 g/mol. The Morgan fingerprint density at radius 1 is 1.58 bits per heavy atom. The third-order valence-corrected chi connectivity index (χ3v) is 2.30. The second-order valence-electron chi connectivity index (χ2n) is 3.40. The Morgan fingerprint density at radius 3 is 3.08 bits per heavy atom. The Kier molecular flexibility index (Phi) is 4.58. The van der Waals surface area contributed by atoms with Crippen molar-refractivity contribution < 1.29 is 4.74 Å². The van der Waals surface area contributed by atoms with Gasteiger partial charge in [-0.3, -0.25) is 4.90 Å². The zero-order chi connectivity index (χ0) is 8.81. The first-order chi connectivity index (χ1) is 5.83. The lowest BCUT2D eigenvalue weighted by Gasteiger charge is -2.30. The molecule has 0 aromatic carbocycles. The molecule has 0 bridgehead atoms. The summed E-state index contributed by atoms with van der Waals surface area (Å²) in [6, 6.07) is 0.389. The van der Waals surface area contributed by atoms with Gasteiger partial charge in [-0.25, -0.2) is 0 Å². The van der Waals surface area contributed by atoms with Gasteiger partial charge in [-0.05, 0) is 26.3 Å². The SMILES string of the molecule is CCOCCN1CCC[C@@H](N)C1. The van der Waals surface area contributed by atoms with E-state index in [2.05, 4.69) is 4.90 Å². The van der Waals surface area contributed by atoms with E-state index < -0.39 is 0 Å². The summed E-state index contributed by atoms with van der Waals surface area (Å²) in [6.07, 6.45) is 2.43. The van der Waals surface area contributed by atoms with Crippen LogP contribution in [0.15, 0.2) is 0 Å². The molecule has 72 valence electrons. The molecule has 0 spiro atoms. The van der Waals surface area contributed by atoms with Crippen molar-refractivity contribution in [1.82, 2.24) is 4.90 Å². The quantitative estimate of drug-likeness (QED) is 0.626. The summed E-state index contributed by atoms with van der Waals surface area (Å²) >= 11 is 0. The zero-order valence-electron chi connectivity index (χ0n) is 7.96. The monoisotopic (exact) mass is 172 g/mol. The van der Waals surface area contributed by atoms with Crippen molar-refractivity contribution in [1.29, 1.82) is 0 Å². The maximum absolute atomic E-state index is 5.85. The summed E-state index contributed by atoms with van der Waals surface area (Å²) in [4.78, 5) is 2.39. The third-order valence-electron chi connectivity index (χ3n) is 2.30. The van der Waals surface area contributed by atoms with E-state index in [-0.39, 0.29) is 0 Å². The highest BCUT2D eigenvalue weighted by Gasteiger charge is 2.15. The summed E-state index contributed by atoms with van der Waals surface area (Å²) in [7, 11) is 0. The highest BCUT2D eigenvalue weighted by atomic mass is 16.5. The minimum absolute atomic E-state index is 0.389. The Balaban J connectivity index is 2.06. The van der Waals surface area contributed by atoms with E-state index in [9.17, 15) is 0 Å². The van der Waals surface area contributed by atoms with E-state index in [1.54, 1.807) is 0 Å². The van der Waals surface area contributed by atoms with E-state index in [4.69, 9.17) is 10.5 Å². The van der Waals surface area contributed by atoms with Crippen LogP contribution in [0.2, 0.25) is 0 Å². The van der Waals surface area contributed by atoms with Gasteiger partial charge < -0.3 is 10.5 Å². The molecule has 0 aromatic rings. The highest BCUT2D eigenvalue weighted by Crippen LogP contribution is 2.07. The van der Waals surface area contributed by atoms with E-state index in [1.165, 1.54) is 19.4 Å². The van der Waals surface area contributed by atoms with Gasteiger partial charge in [0.1, 0.15) is 0 Å². The fourth-order valence-electron chi connectivity index (χ4n) is 1.63. The van der Waals surface area contributed by atoms with Gasteiger partial charge in [0.2, 0.25) is 0 Å². The van der Waals surface area contributed by atoms with Crippen LogP contribution in [0.5, 0.6) is 0 Å². The average Bonchev–Trinajstić information content (AvgIpc) is 2.05. The molecule has 1 rings (SSSR count). The molecule has 2 N–H and O–H groups in total. The van der Waals surface area contributed by atoms with Gasteiger partial charge in [-0.1, -0.05) is 0 Å². The van der Waals surface area contributed by atoms with Crippen molar-refractivity contribution in [3.63, 3.8) is 0 Å². The van der Waals surface area contributed by atoms with Gasteiger partial charge in [0.05, 0.1) is 6.61 Å². The molecular formula is C9H20N2O. The Hall–Kier alpha value is -0.120. The Morgan fingerprint density at radius 2 is 2.42 bits per heavy atom. The van der Waals surface area contributed by atoms with Gasteiger partial charge >= 0.3 is 0 Å². The molecule has 3 heteroatoms. The molecule has 0 radical (unpaired) electrons. The maximum atomic E-state index is 5.85. The molecule has 1 fully saturated rings. The molecule has 0 unspecified atom stereocenters. The topological polar surface area (TPSA) is 38.5 Å². The number of hydrogen-bond acceptors (Lipinski definition) is 3. The van der Waals surface area contributed by atoms with Crippen molar-refractivity contribution in [3.05, 3.63) is 0 Å². The van der Waals surface area contributed by atoms with Crippen LogP contribution in [-0.2, 0) is 4.74 Å². The molecule has 1 saturated heterocycles. The van der Waals surface area contributed by atoms with Crippen LogP contribution in [0, 0.1) is 0 Å². The summed E-state index contributed by atoms with van der Waals surface area (Å²) in [5.74, 6) is 0. The number of piperidine rings is 1. The van der Waals surface area contributed by atoms with Crippen LogP contribution in [0.3, 0.4) is 0 Å². The summed E-state index contributed by atoms with van der Waals surface area (Å²) in [6.45, 7) is 6.99. The number of rotatable bonds is 4. The minimum Gasteiger partial charge on any atom is -0.380 e. The fourth-order valence-corrected chi connectivity index (χ4v) is 1.63. The van der Waals surface area contributed by atoms with Crippen LogP contribution in [0.4, 0.5) is 0 Å². The average molecular weight is 172 g/mol. The van der Waals surface area contributed by atoms with E-state index in [1.807, 2.05) is 6.92 Å². The van der Waals surface area contributed by atoms with Gasteiger partial charge in [0.25, 0.3) is 0 Å². The molecule has 1 atom stereocenters. The molecule has 0 amide bonds. The first-order valence-electron chi connectivity index (χ1n) is 4.88. The third kappa shape index (κ3) is 3.52. The van der Waals surface area contributed by atoms with Crippen LogP contribution < -0.4 is 5.73 Å². The molecule has 12 heavy (non-hydrogen) atoms. The van der Waals surface area contributed by atoms with Crippen LogP contribution in [0.1, 0.15) is 19.8 Å². The van der Waals surface area contributed by atoms with Gasteiger partial charge in [-0.15, -0.1) is 0 Å². The fraction of sp³-hybridized carbons (Fsp3) is 1.00. The molecule has 0 aliphatic carbocycles. The van der Waals surface area contributed by atoms with Crippen molar-refractivity contribution >= 4 is 0 Å².